The molecule has 70 heavy (non-hydrogen) atoms. The van der Waals surface area contributed by atoms with Crippen molar-refractivity contribution in [1.29, 1.82) is 0 Å². The molecule has 7 heterocycles. The number of esters is 1. The zero-order chi connectivity index (χ0) is 50.2. The molecule has 0 unspecified atom stereocenters. The van der Waals surface area contributed by atoms with Gasteiger partial charge in [-0.05, 0) is 87.1 Å². The van der Waals surface area contributed by atoms with Crippen LogP contribution in [0.1, 0.15) is 83.9 Å². The van der Waals surface area contributed by atoms with Crippen LogP contribution in [-0.2, 0) is 57.6 Å². The summed E-state index contributed by atoms with van der Waals surface area (Å²) in [4.78, 5) is 97.1. The Hall–Kier alpha value is -6.50. The molecule has 2 N–H and O–H groups in total. The second kappa shape index (κ2) is 20.1. The molecule has 1 aromatic carbocycles. The predicted octanol–water partition coefficient (Wildman–Crippen LogP) is 5.19. The lowest BCUT2D eigenvalue weighted by Crippen LogP contribution is -2.62. The second-order valence-electron chi connectivity index (χ2n) is 20.0. The summed E-state index contributed by atoms with van der Waals surface area (Å²) in [6.45, 7) is 16.2. The number of nitrogens with zero attached hydrogens (tertiary/aromatic N) is 7. The summed E-state index contributed by atoms with van der Waals surface area (Å²) in [5.74, 6) is -3.04. The van der Waals surface area contributed by atoms with E-state index in [0.717, 1.165) is 43.9 Å². The Morgan fingerprint density at radius 1 is 1.09 bits per heavy atom. The molecule has 0 radical (unpaired) electrons. The number of urea groups is 1. The van der Waals surface area contributed by atoms with Crippen LogP contribution in [0.3, 0.4) is 0 Å². The Morgan fingerprint density at radius 3 is 2.60 bits per heavy atom. The number of cyclic esters (lactones) is 1. The van der Waals surface area contributed by atoms with Crippen LogP contribution < -0.4 is 10.7 Å². The highest BCUT2D eigenvalue weighted by Gasteiger charge is 2.55. The lowest BCUT2D eigenvalue weighted by Gasteiger charge is -2.37. The van der Waals surface area contributed by atoms with Gasteiger partial charge in [-0.2, -0.15) is 0 Å². The van der Waals surface area contributed by atoms with Crippen molar-refractivity contribution < 1.29 is 43.0 Å². The molecule has 18 heteroatoms. The fourth-order valence-electron chi connectivity index (χ4n) is 10.4. The Balaban J connectivity index is 1.15. The molecular weight excluding hydrogens is 895 g/mol. The molecule has 0 saturated carbocycles. The van der Waals surface area contributed by atoms with Crippen molar-refractivity contribution in [2.75, 3.05) is 47.1 Å². The van der Waals surface area contributed by atoms with Crippen LogP contribution >= 0.6 is 0 Å². The number of hydrazine groups is 1. The molecule has 372 valence electrons. The normalized spacial score (nSPS) is 22.5. The number of benzene rings is 1. The Labute approximate surface area is 408 Å². The van der Waals surface area contributed by atoms with Gasteiger partial charge in [0.2, 0.25) is 11.8 Å². The number of likely N-dealkylation sites (N-methyl/N-ethyl adjacent to an activating group) is 1. The SMILES string of the molecule is C=CC(=O)N1CC[C@]2(C1)OCN(C(=O)N(C)[C@H](C(=O)N[C@H]1Cc3cccc(n3)-c3ccc4c(c3)c(c(-c3cccnc3[C@H](C)OC)n4CC)CC(C)(C)COC(=O)[C@@H]3CCCN(N3)C1=O)C(C)C)C2=O. The van der Waals surface area contributed by atoms with Crippen molar-refractivity contribution >= 4 is 46.5 Å². The number of ether oxygens (including phenoxy) is 3. The van der Waals surface area contributed by atoms with Gasteiger partial charge in [-0.15, -0.1) is 0 Å². The van der Waals surface area contributed by atoms with Crippen LogP contribution in [0, 0.1) is 11.3 Å². The summed E-state index contributed by atoms with van der Waals surface area (Å²) in [7, 11) is 3.11. The quantitative estimate of drug-likeness (QED) is 0.165. The summed E-state index contributed by atoms with van der Waals surface area (Å²) in [6.07, 6.45) is 4.29. The first-order valence-corrected chi connectivity index (χ1v) is 24.2. The van der Waals surface area contributed by atoms with E-state index >= 15 is 0 Å². The van der Waals surface area contributed by atoms with E-state index in [0.29, 0.717) is 37.2 Å². The van der Waals surface area contributed by atoms with Crippen LogP contribution in [-0.4, -0.2) is 141 Å². The minimum Gasteiger partial charge on any atom is -0.464 e. The molecule has 1 spiro atoms. The number of aryl methyl sites for hydroxylation is 1. The number of hydrogen-bond acceptors (Lipinski definition) is 12. The largest absolute Gasteiger partial charge is 0.464 e. The van der Waals surface area contributed by atoms with Crippen molar-refractivity contribution in [1.82, 2.24) is 45.0 Å². The van der Waals surface area contributed by atoms with Crippen LogP contribution in [0.4, 0.5) is 4.79 Å². The molecule has 18 nitrogen and oxygen atoms in total. The summed E-state index contributed by atoms with van der Waals surface area (Å²) in [5.41, 5.74) is 8.06. The van der Waals surface area contributed by atoms with E-state index in [-0.39, 0.29) is 57.8 Å². The van der Waals surface area contributed by atoms with E-state index in [4.69, 9.17) is 24.2 Å². The van der Waals surface area contributed by atoms with Gasteiger partial charge in [-0.3, -0.25) is 38.9 Å². The molecule has 3 aromatic heterocycles. The van der Waals surface area contributed by atoms with E-state index in [1.807, 2.05) is 31.2 Å². The third-order valence-corrected chi connectivity index (χ3v) is 14.1. The second-order valence-corrected chi connectivity index (χ2v) is 20.0. The first-order valence-electron chi connectivity index (χ1n) is 24.2. The first-order chi connectivity index (χ1) is 33.4. The van der Waals surface area contributed by atoms with Crippen LogP contribution in [0.5, 0.6) is 0 Å². The third-order valence-electron chi connectivity index (χ3n) is 14.1. The topological polar surface area (TPSA) is 198 Å². The minimum absolute atomic E-state index is 0.0248. The number of likely N-dealkylation sites (tertiary alicyclic amines) is 1. The van der Waals surface area contributed by atoms with Crippen molar-refractivity contribution in [3.05, 3.63) is 84.3 Å². The number of pyridine rings is 2. The minimum atomic E-state index is -1.38. The number of hydrogen-bond donors (Lipinski definition) is 2. The molecule has 4 aliphatic heterocycles. The number of aromatic nitrogens is 3. The van der Waals surface area contributed by atoms with Gasteiger partial charge in [-0.25, -0.2) is 15.1 Å². The molecule has 0 aliphatic carbocycles. The number of rotatable bonds is 9. The fourth-order valence-corrected chi connectivity index (χ4v) is 10.4. The van der Waals surface area contributed by atoms with E-state index in [1.54, 1.807) is 33.2 Å². The number of carbonyl (C=O) groups excluding carboxylic acids is 6. The lowest BCUT2D eigenvalue weighted by atomic mass is 9.84. The molecule has 6 bridgehead atoms. The smallest absolute Gasteiger partial charge is 0.329 e. The van der Waals surface area contributed by atoms with Crippen LogP contribution in [0.15, 0.2) is 67.4 Å². The average molecular weight is 960 g/mol. The highest BCUT2D eigenvalue weighted by molar-refractivity contribution is 6.02. The number of nitrogens with one attached hydrogen (secondary N) is 2. The van der Waals surface area contributed by atoms with Crippen LogP contribution in [0.2, 0.25) is 0 Å². The first kappa shape index (κ1) is 49.9. The van der Waals surface area contributed by atoms with Gasteiger partial charge in [0.25, 0.3) is 11.8 Å². The van der Waals surface area contributed by atoms with Gasteiger partial charge in [0, 0.05) is 86.0 Å². The zero-order valence-corrected chi connectivity index (χ0v) is 41.5. The van der Waals surface area contributed by atoms with Gasteiger partial charge in [0.1, 0.15) is 24.9 Å². The third kappa shape index (κ3) is 9.55. The van der Waals surface area contributed by atoms with E-state index < -0.39 is 64.8 Å². The van der Waals surface area contributed by atoms with E-state index in [1.165, 1.54) is 27.9 Å². The van der Waals surface area contributed by atoms with Crippen molar-refractivity contribution in [3.8, 4) is 22.5 Å². The predicted molar refractivity (Wildman–Crippen MR) is 260 cm³/mol. The molecule has 3 saturated heterocycles. The molecule has 5 atom stereocenters. The highest BCUT2D eigenvalue weighted by atomic mass is 16.5. The maximum Gasteiger partial charge on any atom is 0.329 e. The van der Waals surface area contributed by atoms with E-state index in [2.05, 4.69) is 60.9 Å². The number of carbonyl (C=O) groups is 6. The maximum absolute atomic E-state index is 14.8. The van der Waals surface area contributed by atoms with Gasteiger partial charge < -0.3 is 33.9 Å². The van der Waals surface area contributed by atoms with Crippen LogP contribution in [0.25, 0.3) is 33.4 Å². The Morgan fingerprint density at radius 2 is 1.87 bits per heavy atom. The fraction of sp³-hybridized carbons (Fsp3) is 0.500. The summed E-state index contributed by atoms with van der Waals surface area (Å²) in [6, 6.07) is 11.9. The molecule has 4 aliphatic rings. The van der Waals surface area contributed by atoms with Crippen molar-refractivity contribution in [2.24, 2.45) is 11.3 Å². The van der Waals surface area contributed by atoms with E-state index in [9.17, 15) is 28.8 Å². The molecule has 3 fully saturated rings. The summed E-state index contributed by atoms with van der Waals surface area (Å²) < 4.78 is 20.1. The number of amides is 6. The highest BCUT2D eigenvalue weighted by Crippen LogP contribution is 2.42. The molecule has 8 rings (SSSR count). The molecule has 4 aromatic rings. The number of fused-ring (bicyclic) bond motifs is 6. The zero-order valence-electron chi connectivity index (χ0n) is 41.5. The summed E-state index contributed by atoms with van der Waals surface area (Å²) in [5, 5.41) is 5.33. The maximum atomic E-state index is 14.8. The average Bonchev–Trinajstić information content (AvgIpc) is 4.03. The monoisotopic (exact) mass is 959 g/mol. The molecule has 6 amide bonds. The summed E-state index contributed by atoms with van der Waals surface area (Å²) >= 11 is 0. The lowest BCUT2D eigenvalue weighted by molar-refractivity contribution is -0.155. The molecular formula is C52H65N9O9. The number of methoxy groups -OCH3 is 1. The van der Waals surface area contributed by atoms with Gasteiger partial charge in [0.15, 0.2) is 5.60 Å². The van der Waals surface area contributed by atoms with Gasteiger partial charge in [0.05, 0.1) is 36.3 Å². The van der Waals surface area contributed by atoms with Gasteiger partial charge >= 0.3 is 12.0 Å². The number of imide groups is 1. The Kier molecular flexibility index (Phi) is 14.3. The standard InChI is InChI=1S/C52H65N9O9/c1-10-42(62)58-24-21-52(28-58)49(66)60(30-70-52)50(67)57(8)44(31(3)4)46(63)55-40-26-34-15-12-17-38(54-34)33-19-20-41-36(25-33)37(45(59(41)11-2)35-16-13-22-53-43(35)32(5)68-9)27-51(6,7)29-69-48(65)39-18-14-23-61(56-39)47(40)64/h10,12-13,15-17,19-20,22,25,31-32,39-40,44,56H,1,11,14,18,21,23-24,26-30H2,2-9H3,(H,55,63)/t32-,39-,40-,44-,52+/m0/s1. The van der Waals surface area contributed by atoms with Gasteiger partial charge in [-0.1, -0.05) is 46.4 Å². The Bertz CT molecular complexity index is 2720. The van der Waals surface area contributed by atoms with Crippen molar-refractivity contribution in [3.63, 3.8) is 0 Å². The van der Waals surface area contributed by atoms with Crippen molar-refractivity contribution in [2.45, 2.75) is 110 Å².